The summed E-state index contributed by atoms with van der Waals surface area (Å²) < 4.78 is 10.2. The lowest BCUT2D eigenvalue weighted by Crippen LogP contribution is -2.20. The van der Waals surface area contributed by atoms with Crippen LogP contribution in [-0.2, 0) is 9.53 Å². The highest BCUT2D eigenvalue weighted by molar-refractivity contribution is 6.01. The van der Waals surface area contributed by atoms with Gasteiger partial charge >= 0.3 is 5.97 Å². The minimum atomic E-state index is -1.13. The Morgan fingerprint density at radius 3 is 2.75 bits per heavy atom. The molecular formula is C14H17NO5. The molecule has 20 heavy (non-hydrogen) atoms. The third-order valence-corrected chi connectivity index (χ3v) is 3.01. The fourth-order valence-electron chi connectivity index (χ4n) is 1.73. The maximum absolute atomic E-state index is 11.7. The van der Waals surface area contributed by atoms with Crippen LogP contribution in [0.1, 0.15) is 23.2 Å². The fraction of sp³-hybridized carbons (Fsp3) is 0.429. The van der Waals surface area contributed by atoms with Crippen LogP contribution >= 0.6 is 0 Å². The van der Waals surface area contributed by atoms with Crippen molar-refractivity contribution in [3.05, 3.63) is 23.8 Å². The first-order valence-electron chi connectivity index (χ1n) is 6.39. The number of carbonyl (C=O) groups excluding carboxylic acids is 1. The van der Waals surface area contributed by atoms with E-state index in [1.807, 2.05) is 0 Å². The number of carboxylic acids is 1. The van der Waals surface area contributed by atoms with E-state index in [1.165, 1.54) is 19.2 Å². The number of aromatic carboxylic acids is 1. The molecule has 1 aliphatic carbocycles. The van der Waals surface area contributed by atoms with Crippen molar-refractivity contribution in [1.29, 1.82) is 0 Å². The topological polar surface area (TPSA) is 84.9 Å². The van der Waals surface area contributed by atoms with Gasteiger partial charge < -0.3 is 19.9 Å². The SMILES string of the molecule is COc1ccc(NC(=O)COCC2CC2)c(C(=O)O)c1. The molecule has 1 saturated carbocycles. The Labute approximate surface area is 116 Å². The van der Waals surface area contributed by atoms with Crippen LogP contribution in [-0.4, -0.2) is 37.3 Å². The molecule has 6 heteroatoms. The predicted octanol–water partition coefficient (Wildman–Crippen LogP) is 1.76. The molecular weight excluding hydrogens is 262 g/mol. The quantitative estimate of drug-likeness (QED) is 0.794. The van der Waals surface area contributed by atoms with Gasteiger partial charge in [-0.3, -0.25) is 4.79 Å². The predicted molar refractivity (Wildman–Crippen MR) is 72.1 cm³/mol. The van der Waals surface area contributed by atoms with E-state index in [0.29, 0.717) is 18.3 Å². The second kappa shape index (κ2) is 6.38. The normalized spacial score (nSPS) is 13.8. The molecule has 0 atom stereocenters. The van der Waals surface area contributed by atoms with Gasteiger partial charge in [0.15, 0.2) is 0 Å². The first-order chi connectivity index (χ1) is 9.60. The molecule has 0 unspecified atom stereocenters. The van der Waals surface area contributed by atoms with Crippen molar-refractivity contribution in [2.45, 2.75) is 12.8 Å². The number of hydrogen-bond acceptors (Lipinski definition) is 4. The van der Waals surface area contributed by atoms with E-state index in [2.05, 4.69) is 5.32 Å². The molecule has 2 rings (SSSR count). The Balaban J connectivity index is 1.95. The Morgan fingerprint density at radius 1 is 1.40 bits per heavy atom. The van der Waals surface area contributed by atoms with Gasteiger partial charge in [0.25, 0.3) is 0 Å². The maximum Gasteiger partial charge on any atom is 0.337 e. The zero-order chi connectivity index (χ0) is 14.5. The molecule has 1 aromatic rings. The minimum absolute atomic E-state index is 0.0140. The van der Waals surface area contributed by atoms with Gasteiger partial charge in [0.2, 0.25) is 5.91 Å². The van der Waals surface area contributed by atoms with Crippen LogP contribution in [0.5, 0.6) is 5.75 Å². The summed E-state index contributed by atoms with van der Waals surface area (Å²) in [6, 6.07) is 4.46. The summed E-state index contributed by atoms with van der Waals surface area (Å²) in [5.74, 6) is -0.486. The molecule has 1 aromatic carbocycles. The van der Waals surface area contributed by atoms with Gasteiger partial charge in [-0.1, -0.05) is 0 Å². The van der Waals surface area contributed by atoms with Crippen LogP contribution < -0.4 is 10.1 Å². The smallest absolute Gasteiger partial charge is 0.337 e. The molecule has 108 valence electrons. The average molecular weight is 279 g/mol. The fourth-order valence-corrected chi connectivity index (χ4v) is 1.73. The summed E-state index contributed by atoms with van der Waals surface area (Å²) in [7, 11) is 1.45. The molecule has 0 spiro atoms. The van der Waals surface area contributed by atoms with Crippen LogP contribution in [0, 0.1) is 5.92 Å². The summed E-state index contributed by atoms with van der Waals surface area (Å²) in [5.41, 5.74) is 0.221. The van der Waals surface area contributed by atoms with Crippen LogP contribution in [0.2, 0.25) is 0 Å². The van der Waals surface area contributed by atoms with E-state index in [0.717, 1.165) is 12.8 Å². The van der Waals surface area contributed by atoms with Gasteiger partial charge in [0.1, 0.15) is 12.4 Å². The molecule has 1 amide bonds. The molecule has 0 heterocycles. The second-order valence-corrected chi connectivity index (χ2v) is 4.72. The lowest BCUT2D eigenvalue weighted by molar-refractivity contribution is -0.120. The van der Waals surface area contributed by atoms with Crippen LogP contribution in [0.15, 0.2) is 18.2 Å². The molecule has 0 aromatic heterocycles. The lowest BCUT2D eigenvalue weighted by Gasteiger charge is -2.10. The van der Waals surface area contributed by atoms with E-state index in [9.17, 15) is 9.59 Å². The number of rotatable bonds is 7. The van der Waals surface area contributed by atoms with Gasteiger partial charge in [0, 0.05) is 0 Å². The monoisotopic (exact) mass is 279 g/mol. The van der Waals surface area contributed by atoms with Gasteiger partial charge in [0.05, 0.1) is 25.0 Å². The molecule has 2 N–H and O–H groups in total. The highest BCUT2D eigenvalue weighted by Gasteiger charge is 2.21. The zero-order valence-electron chi connectivity index (χ0n) is 11.2. The molecule has 6 nitrogen and oxygen atoms in total. The van der Waals surface area contributed by atoms with Gasteiger partial charge in [-0.05, 0) is 37.0 Å². The Morgan fingerprint density at radius 2 is 2.15 bits per heavy atom. The first kappa shape index (κ1) is 14.3. The molecule has 0 bridgehead atoms. The first-order valence-corrected chi connectivity index (χ1v) is 6.39. The highest BCUT2D eigenvalue weighted by Crippen LogP contribution is 2.28. The summed E-state index contributed by atoms with van der Waals surface area (Å²) >= 11 is 0. The summed E-state index contributed by atoms with van der Waals surface area (Å²) in [6.45, 7) is 0.517. The van der Waals surface area contributed by atoms with Gasteiger partial charge in [-0.15, -0.1) is 0 Å². The molecule has 0 aliphatic heterocycles. The van der Waals surface area contributed by atoms with Crippen molar-refractivity contribution in [3.8, 4) is 5.75 Å². The second-order valence-electron chi connectivity index (χ2n) is 4.72. The standard InChI is InChI=1S/C14H17NO5/c1-19-10-4-5-12(11(6-10)14(17)18)15-13(16)8-20-7-9-2-3-9/h4-6,9H,2-3,7-8H2,1H3,(H,15,16)(H,17,18). The highest BCUT2D eigenvalue weighted by atomic mass is 16.5. The molecule has 1 fully saturated rings. The Kier molecular flexibility index (Phi) is 4.57. The molecule has 0 saturated heterocycles. The summed E-state index contributed by atoms with van der Waals surface area (Å²) in [6.07, 6.45) is 2.31. The number of hydrogen-bond donors (Lipinski definition) is 2. The van der Waals surface area contributed by atoms with Crippen LogP contribution in [0.25, 0.3) is 0 Å². The van der Waals surface area contributed by atoms with Crippen LogP contribution in [0.4, 0.5) is 5.69 Å². The maximum atomic E-state index is 11.7. The number of carbonyl (C=O) groups is 2. The Bertz CT molecular complexity index is 510. The third-order valence-electron chi connectivity index (χ3n) is 3.01. The third kappa shape index (κ3) is 3.96. The van der Waals surface area contributed by atoms with Crippen molar-refractivity contribution >= 4 is 17.6 Å². The minimum Gasteiger partial charge on any atom is -0.497 e. The van der Waals surface area contributed by atoms with Crippen molar-refractivity contribution in [3.63, 3.8) is 0 Å². The van der Waals surface area contributed by atoms with E-state index in [4.69, 9.17) is 14.6 Å². The molecule has 1 aliphatic rings. The van der Waals surface area contributed by atoms with E-state index in [-0.39, 0.29) is 23.8 Å². The van der Waals surface area contributed by atoms with Crippen molar-refractivity contribution in [1.82, 2.24) is 0 Å². The molecule has 0 radical (unpaired) electrons. The number of nitrogens with one attached hydrogen (secondary N) is 1. The number of amides is 1. The number of anilines is 1. The van der Waals surface area contributed by atoms with Gasteiger partial charge in [-0.25, -0.2) is 4.79 Å². The zero-order valence-corrected chi connectivity index (χ0v) is 11.2. The number of methoxy groups -OCH3 is 1. The van der Waals surface area contributed by atoms with Gasteiger partial charge in [-0.2, -0.15) is 0 Å². The largest absolute Gasteiger partial charge is 0.497 e. The van der Waals surface area contributed by atoms with E-state index in [1.54, 1.807) is 6.07 Å². The summed E-state index contributed by atoms with van der Waals surface area (Å²) in [4.78, 5) is 22.8. The lowest BCUT2D eigenvalue weighted by atomic mass is 10.1. The summed E-state index contributed by atoms with van der Waals surface area (Å²) in [5, 5.41) is 11.7. The number of ether oxygens (including phenoxy) is 2. The van der Waals surface area contributed by atoms with E-state index >= 15 is 0 Å². The Hall–Kier alpha value is -2.08. The van der Waals surface area contributed by atoms with Crippen molar-refractivity contribution in [2.24, 2.45) is 5.92 Å². The van der Waals surface area contributed by atoms with Crippen molar-refractivity contribution < 1.29 is 24.2 Å². The number of benzene rings is 1. The van der Waals surface area contributed by atoms with E-state index < -0.39 is 5.97 Å². The average Bonchev–Trinajstić information content (AvgIpc) is 3.23. The van der Waals surface area contributed by atoms with Crippen molar-refractivity contribution in [2.75, 3.05) is 25.6 Å². The van der Waals surface area contributed by atoms with Crippen LogP contribution in [0.3, 0.4) is 0 Å². The number of carboxylic acid groups (broad SMARTS) is 1.